The fourth-order valence-electron chi connectivity index (χ4n) is 4.89. The number of fused-ring (bicyclic) bond motifs is 1. The molecule has 0 unspecified atom stereocenters. The number of para-hydroxylation sites is 2. The highest BCUT2D eigenvalue weighted by molar-refractivity contribution is 6.30. The molecule has 2 heterocycles. The second kappa shape index (κ2) is 9.80. The Labute approximate surface area is 194 Å². The Bertz CT molecular complexity index is 1060. The van der Waals surface area contributed by atoms with E-state index in [1.54, 1.807) is 0 Å². The van der Waals surface area contributed by atoms with Gasteiger partial charge in [0.15, 0.2) is 0 Å². The Kier molecular flexibility index (Phi) is 6.65. The molecule has 0 amide bonds. The maximum atomic E-state index is 13.2. The van der Waals surface area contributed by atoms with E-state index in [2.05, 4.69) is 11.0 Å². The summed E-state index contributed by atoms with van der Waals surface area (Å²) in [7, 11) is 0. The van der Waals surface area contributed by atoms with Crippen molar-refractivity contribution in [2.75, 3.05) is 26.4 Å². The van der Waals surface area contributed by atoms with Crippen LogP contribution in [0.15, 0.2) is 42.5 Å². The predicted molar refractivity (Wildman–Crippen MR) is 127 cm³/mol. The lowest BCUT2D eigenvalue weighted by molar-refractivity contribution is 0.195. The van der Waals surface area contributed by atoms with Gasteiger partial charge in [-0.15, -0.1) is 0 Å². The number of nitrogens with zero attached hydrogens (tertiary/aromatic N) is 3. The smallest absolute Gasteiger partial charge is 0.124 e. The summed E-state index contributed by atoms with van der Waals surface area (Å²) in [5.41, 5.74) is 3.21. The topological polar surface area (TPSA) is 30.3 Å². The second-order valence-electron chi connectivity index (χ2n) is 9.17. The standard InChI is InChI=1S/C26H31ClFN3O/c27-21-7-8-25(32-16-11-19-5-6-19)22(17-21)20-9-13-30(14-10-20)18-26-29-23-3-1-2-4-24(23)31(26)15-12-28/h1-4,7-8,17,19-20H,5-6,9-16,18H2. The summed E-state index contributed by atoms with van der Waals surface area (Å²) < 4.78 is 21.4. The summed E-state index contributed by atoms with van der Waals surface area (Å²) in [4.78, 5) is 7.23. The van der Waals surface area contributed by atoms with Crippen molar-refractivity contribution in [1.82, 2.24) is 14.5 Å². The van der Waals surface area contributed by atoms with Crippen molar-refractivity contribution in [3.05, 3.63) is 58.9 Å². The number of imidazole rings is 1. The monoisotopic (exact) mass is 455 g/mol. The summed E-state index contributed by atoms with van der Waals surface area (Å²) >= 11 is 6.34. The van der Waals surface area contributed by atoms with Crippen LogP contribution in [-0.2, 0) is 13.1 Å². The number of benzene rings is 2. The Morgan fingerprint density at radius 2 is 1.88 bits per heavy atom. The molecule has 0 radical (unpaired) electrons. The van der Waals surface area contributed by atoms with Crippen LogP contribution in [0.2, 0.25) is 5.02 Å². The van der Waals surface area contributed by atoms with Gasteiger partial charge in [-0.1, -0.05) is 36.6 Å². The number of hydrogen-bond acceptors (Lipinski definition) is 3. The second-order valence-corrected chi connectivity index (χ2v) is 9.61. The van der Waals surface area contributed by atoms with Crippen LogP contribution >= 0.6 is 11.6 Å². The fourth-order valence-corrected chi connectivity index (χ4v) is 5.07. The third-order valence-electron chi connectivity index (χ3n) is 6.89. The molecule has 1 aliphatic heterocycles. The van der Waals surface area contributed by atoms with Gasteiger partial charge < -0.3 is 9.30 Å². The highest BCUT2D eigenvalue weighted by Gasteiger charge is 2.26. The van der Waals surface area contributed by atoms with Crippen LogP contribution in [0.5, 0.6) is 5.75 Å². The fraction of sp³-hybridized carbons (Fsp3) is 0.500. The maximum absolute atomic E-state index is 13.2. The summed E-state index contributed by atoms with van der Waals surface area (Å²) in [5, 5.41) is 0.775. The van der Waals surface area contributed by atoms with Crippen molar-refractivity contribution < 1.29 is 9.13 Å². The summed E-state index contributed by atoms with van der Waals surface area (Å²) in [6.45, 7) is 3.49. The molecule has 4 nitrogen and oxygen atoms in total. The van der Waals surface area contributed by atoms with E-state index in [0.717, 1.165) is 79.1 Å². The van der Waals surface area contributed by atoms with Crippen LogP contribution in [0.4, 0.5) is 4.39 Å². The van der Waals surface area contributed by atoms with Gasteiger partial charge in [-0.3, -0.25) is 4.90 Å². The first kappa shape index (κ1) is 21.7. The molecule has 2 fully saturated rings. The number of alkyl halides is 1. The Morgan fingerprint density at radius 3 is 2.66 bits per heavy atom. The quantitative estimate of drug-likeness (QED) is 0.383. The minimum absolute atomic E-state index is 0.358. The van der Waals surface area contributed by atoms with Crippen LogP contribution in [0.25, 0.3) is 11.0 Å². The molecule has 1 aromatic heterocycles. The molecule has 0 spiro atoms. The molecule has 170 valence electrons. The van der Waals surface area contributed by atoms with Gasteiger partial charge in [0, 0.05) is 5.02 Å². The van der Waals surface area contributed by atoms with E-state index in [9.17, 15) is 4.39 Å². The molecule has 2 aromatic carbocycles. The van der Waals surface area contributed by atoms with Gasteiger partial charge in [-0.2, -0.15) is 0 Å². The molecule has 5 rings (SSSR count). The molecule has 3 aromatic rings. The van der Waals surface area contributed by atoms with E-state index in [-0.39, 0.29) is 6.67 Å². The number of ether oxygens (including phenoxy) is 1. The summed E-state index contributed by atoms with van der Waals surface area (Å²) in [5.74, 6) is 3.27. The zero-order valence-corrected chi connectivity index (χ0v) is 19.2. The third kappa shape index (κ3) is 4.94. The first-order valence-corrected chi connectivity index (χ1v) is 12.2. The molecule has 2 aliphatic rings. The van der Waals surface area contributed by atoms with Gasteiger partial charge in [0.25, 0.3) is 0 Å². The first-order chi connectivity index (χ1) is 15.7. The van der Waals surface area contributed by atoms with Gasteiger partial charge in [-0.25, -0.2) is 9.37 Å². The normalized spacial score (nSPS) is 17.8. The Hall–Kier alpha value is -2.11. The zero-order valence-electron chi connectivity index (χ0n) is 18.5. The van der Waals surface area contributed by atoms with Crippen LogP contribution in [0.3, 0.4) is 0 Å². The number of likely N-dealkylation sites (tertiary alicyclic amines) is 1. The van der Waals surface area contributed by atoms with Gasteiger partial charge in [0.1, 0.15) is 18.2 Å². The molecular formula is C26H31ClFN3O. The Morgan fingerprint density at radius 1 is 1.06 bits per heavy atom. The molecular weight excluding hydrogens is 425 g/mol. The number of aryl methyl sites for hydroxylation is 1. The van der Waals surface area contributed by atoms with Gasteiger partial charge in [-0.05, 0) is 80.1 Å². The van der Waals surface area contributed by atoms with E-state index >= 15 is 0 Å². The largest absolute Gasteiger partial charge is 0.493 e. The van der Waals surface area contributed by atoms with E-state index in [1.807, 2.05) is 41.0 Å². The van der Waals surface area contributed by atoms with E-state index in [0.29, 0.717) is 12.5 Å². The molecule has 1 saturated heterocycles. The lowest BCUT2D eigenvalue weighted by Gasteiger charge is -2.32. The maximum Gasteiger partial charge on any atom is 0.124 e. The zero-order chi connectivity index (χ0) is 21.9. The number of aromatic nitrogens is 2. The van der Waals surface area contributed by atoms with Crippen LogP contribution < -0.4 is 4.74 Å². The summed E-state index contributed by atoms with van der Waals surface area (Å²) in [6.07, 6.45) is 5.98. The van der Waals surface area contributed by atoms with Crippen molar-refractivity contribution in [3.63, 3.8) is 0 Å². The van der Waals surface area contributed by atoms with Crippen LogP contribution in [0, 0.1) is 5.92 Å². The first-order valence-electron chi connectivity index (χ1n) is 11.9. The molecule has 1 saturated carbocycles. The third-order valence-corrected chi connectivity index (χ3v) is 7.12. The molecule has 1 aliphatic carbocycles. The van der Waals surface area contributed by atoms with E-state index < -0.39 is 0 Å². The minimum Gasteiger partial charge on any atom is -0.493 e. The van der Waals surface area contributed by atoms with E-state index in [4.69, 9.17) is 21.3 Å². The van der Waals surface area contributed by atoms with Crippen molar-refractivity contribution in [1.29, 1.82) is 0 Å². The van der Waals surface area contributed by atoms with Crippen molar-refractivity contribution in [3.8, 4) is 5.75 Å². The molecule has 6 heteroatoms. The van der Waals surface area contributed by atoms with Crippen LogP contribution in [0.1, 0.15) is 49.4 Å². The van der Waals surface area contributed by atoms with Crippen molar-refractivity contribution in [2.45, 2.75) is 51.1 Å². The lowest BCUT2D eigenvalue weighted by atomic mass is 9.88. The predicted octanol–water partition coefficient (Wildman–Crippen LogP) is 6.22. The van der Waals surface area contributed by atoms with Gasteiger partial charge in [0.2, 0.25) is 0 Å². The number of piperidine rings is 1. The highest BCUT2D eigenvalue weighted by atomic mass is 35.5. The van der Waals surface area contributed by atoms with E-state index in [1.165, 1.54) is 18.4 Å². The van der Waals surface area contributed by atoms with Gasteiger partial charge >= 0.3 is 0 Å². The van der Waals surface area contributed by atoms with Crippen molar-refractivity contribution in [2.24, 2.45) is 5.92 Å². The number of rotatable bonds is 9. The van der Waals surface area contributed by atoms with Crippen molar-refractivity contribution >= 4 is 22.6 Å². The minimum atomic E-state index is -0.381. The number of halogens is 2. The lowest BCUT2D eigenvalue weighted by Crippen LogP contribution is -2.33. The average molecular weight is 456 g/mol. The molecule has 0 N–H and O–H groups in total. The number of hydrogen-bond donors (Lipinski definition) is 0. The summed E-state index contributed by atoms with van der Waals surface area (Å²) in [6, 6.07) is 14.1. The average Bonchev–Trinajstić information content (AvgIpc) is 3.57. The molecule has 0 atom stereocenters. The molecule has 32 heavy (non-hydrogen) atoms. The Balaban J connectivity index is 1.24. The SMILES string of the molecule is FCCn1c(CN2CCC(c3cc(Cl)ccc3OCCC3CC3)CC2)nc2ccccc21. The van der Waals surface area contributed by atoms with Gasteiger partial charge in [0.05, 0.1) is 30.7 Å². The van der Waals surface area contributed by atoms with Crippen LogP contribution in [-0.4, -0.2) is 40.8 Å². The highest BCUT2D eigenvalue weighted by Crippen LogP contribution is 2.37. The molecule has 0 bridgehead atoms.